The molecule has 2 fully saturated rings. The van der Waals surface area contributed by atoms with Crippen molar-refractivity contribution in [3.63, 3.8) is 0 Å². The van der Waals surface area contributed by atoms with Gasteiger partial charge in [0.2, 0.25) is 5.91 Å². The van der Waals surface area contributed by atoms with E-state index < -0.39 is 86.8 Å². The minimum absolute atomic E-state index is 0.218. The van der Waals surface area contributed by atoms with E-state index >= 15 is 0 Å². The van der Waals surface area contributed by atoms with Gasteiger partial charge in [0.25, 0.3) is 0 Å². The highest BCUT2D eigenvalue weighted by Gasteiger charge is 2.50. The fourth-order valence-corrected chi connectivity index (χ4v) is 4.78. The molecule has 9 N–H and O–H groups in total. The minimum atomic E-state index is -1.79. The molecule has 0 bridgehead atoms. The number of amides is 1. The number of aliphatic hydroxyl groups is 8. The van der Waals surface area contributed by atoms with E-state index in [4.69, 9.17) is 18.9 Å². The van der Waals surface area contributed by atoms with Gasteiger partial charge in [-0.15, -0.1) is 0 Å². The van der Waals surface area contributed by atoms with Crippen LogP contribution in [0.4, 0.5) is 0 Å². The molecule has 254 valence electrons. The molecule has 12 unspecified atom stereocenters. The van der Waals surface area contributed by atoms with Crippen molar-refractivity contribution in [2.45, 2.75) is 126 Å². The van der Waals surface area contributed by atoms with Gasteiger partial charge in [0.1, 0.15) is 48.8 Å². The van der Waals surface area contributed by atoms with E-state index in [9.17, 15) is 45.6 Å². The van der Waals surface area contributed by atoms with Crippen LogP contribution >= 0.6 is 0 Å². The Bertz CT molecular complexity index is 898. The number of nitrogens with one attached hydrogen (secondary N) is 1. The number of aliphatic hydroxyl groups excluding tert-OH is 8. The summed E-state index contributed by atoms with van der Waals surface area (Å²) in [5, 5.41) is 84.7. The first kappa shape index (κ1) is 38.4. The molecule has 14 nitrogen and oxygen atoms in total. The van der Waals surface area contributed by atoms with E-state index in [2.05, 4.69) is 23.5 Å². The van der Waals surface area contributed by atoms with Gasteiger partial charge in [-0.2, -0.15) is 0 Å². The lowest BCUT2D eigenvalue weighted by molar-refractivity contribution is -0.359. The molecule has 44 heavy (non-hydrogen) atoms. The van der Waals surface area contributed by atoms with Gasteiger partial charge in [0.15, 0.2) is 12.6 Å². The van der Waals surface area contributed by atoms with Gasteiger partial charge in [-0.1, -0.05) is 43.4 Å². The van der Waals surface area contributed by atoms with Crippen molar-refractivity contribution >= 4 is 5.91 Å². The summed E-state index contributed by atoms with van der Waals surface area (Å²) in [4.78, 5) is 12.3. The number of carbonyl (C=O) groups excluding carboxylic acids is 1. The zero-order valence-corrected chi connectivity index (χ0v) is 25.4. The molecule has 2 rings (SSSR count). The van der Waals surface area contributed by atoms with Crippen LogP contribution in [0.5, 0.6) is 0 Å². The number of hydrogen-bond donors (Lipinski definition) is 9. The summed E-state index contributed by atoms with van der Waals surface area (Å²) in [6.45, 7) is 2.05. The molecule has 1 amide bonds. The maximum absolute atomic E-state index is 12.3. The van der Waals surface area contributed by atoms with Crippen LogP contribution in [0.1, 0.15) is 52.4 Å². The predicted molar refractivity (Wildman–Crippen MR) is 157 cm³/mol. The van der Waals surface area contributed by atoms with Crippen molar-refractivity contribution in [1.82, 2.24) is 5.32 Å². The van der Waals surface area contributed by atoms with Crippen LogP contribution < -0.4 is 5.32 Å². The van der Waals surface area contributed by atoms with Gasteiger partial charge >= 0.3 is 0 Å². The largest absolute Gasteiger partial charge is 0.394 e. The molecule has 0 aromatic rings. The van der Waals surface area contributed by atoms with Gasteiger partial charge in [-0.3, -0.25) is 4.79 Å². The van der Waals surface area contributed by atoms with Crippen molar-refractivity contribution in [3.05, 3.63) is 36.5 Å². The minimum Gasteiger partial charge on any atom is -0.394 e. The Balaban J connectivity index is 2.01. The third-order valence-corrected chi connectivity index (χ3v) is 7.37. The lowest BCUT2D eigenvalue weighted by Crippen LogP contribution is -2.65. The summed E-state index contributed by atoms with van der Waals surface area (Å²) in [7, 11) is 0. The average molecular weight is 634 g/mol. The third kappa shape index (κ3) is 11.5. The lowest BCUT2D eigenvalue weighted by atomic mass is 9.97. The van der Waals surface area contributed by atoms with Crippen molar-refractivity contribution in [1.29, 1.82) is 0 Å². The van der Waals surface area contributed by atoms with Gasteiger partial charge in [0.05, 0.1) is 32.0 Å². The van der Waals surface area contributed by atoms with E-state index in [0.29, 0.717) is 12.8 Å². The number of hydrogen-bond acceptors (Lipinski definition) is 13. The molecule has 2 aliphatic heterocycles. The molecular weight excluding hydrogens is 582 g/mol. The fraction of sp³-hybridized carbons (Fsp3) is 0.767. The quantitative estimate of drug-likeness (QED) is 0.0621. The second kappa shape index (κ2) is 20.4. The van der Waals surface area contributed by atoms with Crippen molar-refractivity contribution in [2.75, 3.05) is 19.8 Å². The van der Waals surface area contributed by atoms with Crippen molar-refractivity contribution in [2.24, 2.45) is 0 Å². The van der Waals surface area contributed by atoms with Gasteiger partial charge in [-0.25, -0.2) is 0 Å². The Hall–Kier alpha value is -1.79. The van der Waals surface area contributed by atoms with Crippen LogP contribution in [0.15, 0.2) is 36.5 Å². The molecule has 12 atom stereocenters. The van der Waals surface area contributed by atoms with Crippen LogP contribution in [-0.4, -0.2) is 140 Å². The first-order valence-electron chi connectivity index (χ1n) is 15.2. The molecule has 0 spiro atoms. The van der Waals surface area contributed by atoms with Crippen LogP contribution in [-0.2, 0) is 23.7 Å². The summed E-state index contributed by atoms with van der Waals surface area (Å²) in [5.74, 6) is -0.316. The number of carbonyl (C=O) groups is 1. The third-order valence-electron chi connectivity index (χ3n) is 7.37. The number of unbranched alkanes of at least 4 members (excludes halogenated alkanes) is 2. The SMILES string of the molecule is C/C=C/CC/C=C/CC/C=C/C(O)C(COC1OC(CO)C(OC2OC(CO)C(O)C(O)C2O)C(O)C1O)NC(=O)CCC. The maximum atomic E-state index is 12.3. The first-order valence-corrected chi connectivity index (χ1v) is 15.2. The molecule has 0 aliphatic carbocycles. The molecule has 2 saturated heterocycles. The Labute approximate surface area is 258 Å². The van der Waals surface area contributed by atoms with Crippen LogP contribution in [0.25, 0.3) is 0 Å². The number of ether oxygens (including phenoxy) is 4. The molecular formula is C30H51NO13. The second-order valence-corrected chi connectivity index (χ2v) is 10.9. The maximum Gasteiger partial charge on any atom is 0.220 e. The van der Waals surface area contributed by atoms with Gasteiger partial charge < -0.3 is 65.1 Å². The van der Waals surface area contributed by atoms with Crippen LogP contribution in [0.3, 0.4) is 0 Å². The van der Waals surface area contributed by atoms with Gasteiger partial charge in [-0.05, 0) is 39.0 Å². The Kier molecular flexibility index (Phi) is 17.8. The smallest absolute Gasteiger partial charge is 0.220 e. The van der Waals surface area contributed by atoms with E-state index in [1.165, 1.54) is 0 Å². The zero-order valence-electron chi connectivity index (χ0n) is 25.4. The van der Waals surface area contributed by atoms with E-state index in [1.54, 1.807) is 12.2 Å². The highest BCUT2D eigenvalue weighted by molar-refractivity contribution is 5.76. The summed E-state index contributed by atoms with van der Waals surface area (Å²) < 4.78 is 22.1. The predicted octanol–water partition coefficient (Wildman–Crippen LogP) is -1.48. The highest BCUT2D eigenvalue weighted by Crippen LogP contribution is 2.29. The molecule has 0 saturated carbocycles. The summed E-state index contributed by atoms with van der Waals surface area (Å²) in [5.41, 5.74) is 0. The summed E-state index contributed by atoms with van der Waals surface area (Å²) in [6, 6.07) is -0.926. The number of allylic oxidation sites excluding steroid dienone is 5. The molecule has 14 heteroatoms. The monoisotopic (exact) mass is 633 g/mol. The molecule has 0 aromatic heterocycles. The standard InChI is InChI=1S/C30H51NO13/c1-3-5-6-7-8-9-10-11-12-14-19(34)18(31-22(35)13-4-2)17-41-29-27(40)25(38)28(21(16-33)43-29)44-30-26(39)24(37)23(36)20(15-32)42-30/h3,5,8-9,12,14,18-21,23-30,32-34,36-40H,4,6-7,10-11,13,15-17H2,1-2H3,(H,31,35)/b5-3+,9-8+,14-12+. The van der Waals surface area contributed by atoms with Crippen LogP contribution in [0.2, 0.25) is 0 Å². The highest BCUT2D eigenvalue weighted by atomic mass is 16.7. The van der Waals surface area contributed by atoms with Gasteiger partial charge in [0, 0.05) is 6.42 Å². The lowest BCUT2D eigenvalue weighted by Gasteiger charge is -2.46. The average Bonchev–Trinajstić information content (AvgIpc) is 3.01. The number of rotatable bonds is 18. The Morgan fingerprint density at radius 3 is 2.02 bits per heavy atom. The molecule has 0 radical (unpaired) electrons. The van der Waals surface area contributed by atoms with E-state index in [0.717, 1.165) is 19.3 Å². The van der Waals surface area contributed by atoms with Crippen molar-refractivity contribution < 1.29 is 64.6 Å². The van der Waals surface area contributed by atoms with E-state index in [-0.39, 0.29) is 18.9 Å². The first-order chi connectivity index (χ1) is 21.1. The second-order valence-electron chi connectivity index (χ2n) is 10.9. The Morgan fingerprint density at radius 2 is 1.41 bits per heavy atom. The Morgan fingerprint density at radius 1 is 0.818 bits per heavy atom. The molecule has 0 aromatic carbocycles. The normalized spacial score (nSPS) is 34.6. The van der Waals surface area contributed by atoms with Crippen molar-refractivity contribution in [3.8, 4) is 0 Å². The fourth-order valence-electron chi connectivity index (χ4n) is 4.78. The summed E-state index contributed by atoms with van der Waals surface area (Å²) >= 11 is 0. The molecule has 2 heterocycles. The zero-order chi connectivity index (χ0) is 32.6. The topological polar surface area (TPSA) is 228 Å². The van der Waals surface area contributed by atoms with E-state index in [1.807, 2.05) is 19.9 Å². The van der Waals surface area contributed by atoms with Crippen LogP contribution in [0, 0.1) is 0 Å². The molecule has 2 aliphatic rings. The summed E-state index contributed by atoms with van der Waals surface area (Å²) in [6.07, 6.45) is -1.29.